The van der Waals surface area contributed by atoms with Gasteiger partial charge in [0, 0.05) is 34.5 Å². The van der Waals surface area contributed by atoms with Gasteiger partial charge >= 0.3 is 11.9 Å². The number of phenolic OH excluding ortho intramolecular Hbond substituents is 1. The molecule has 68 heavy (non-hydrogen) atoms. The molecular weight excluding hydrogens is 899 g/mol. The Kier molecular flexibility index (Phi) is 23.3. The summed E-state index contributed by atoms with van der Waals surface area (Å²) in [5.41, 5.74) is 11.5. The van der Waals surface area contributed by atoms with E-state index in [2.05, 4.69) is 20.7 Å². The van der Waals surface area contributed by atoms with Crippen molar-refractivity contribution in [1.29, 1.82) is 0 Å². The molecule has 3 aromatic rings. The van der Waals surface area contributed by atoms with E-state index in [0.717, 1.165) is 16.5 Å². The highest BCUT2D eigenvalue weighted by molar-refractivity contribution is 5.90. The molecule has 0 bridgehead atoms. The summed E-state index contributed by atoms with van der Waals surface area (Å²) in [6, 6.07) is 6.47. The van der Waals surface area contributed by atoms with Gasteiger partial charge in [0.1, 0.15) is 32.1 Å². The zero-order valence-electron chi connectivity index (χ0n) is 38.1. The lowest BCUT2D eigenvalue weighted by atomic mass is 9.97. The predicted molar refractivity (Wildman–Crippen MR) is 238 cm³/mol. The molecule has 2 amide bonds. The fraction of sp³-hybridized carbons (Fsp3) is 0.591. The molecular formula is C44H59N7O17. The van der Waals surface area contributed by atoms with E-state index in [1.807, 2.05) is 6.92 Å². The standard InChI is InChI=1S/C44H59N7O17/c1-2-31-32-23-30(52)3-4-36(32)49-41-34(31)26-51-37(41)24-33-35(43(51)56)27-67-44(57)42(33)68-40(55)25-47-39(54)29-66-28-38(53)46-5-7-58-9-11-60-13-15-62-17-19-64-21-22-65-20-18-63-16-14-61-12-10-59-8-6-48-50-45/h3-4,23-24,42,52H,2,5-22,25-29H2,1H3,(H,46,53)(H,47,54)/t42-/m0/s1. The minimum absolute atomic E-state index is 0.0971. The van der Waals surface area contributed by atoms with Gasteiger partial charge in [-0.1, -0.05) is 12.0 Å². The molecule has 0 unspecified atom stereocenters. The van der Waals surface area contributed by atoms with Crippen molar-refractivity contribution < 1.29 is 76.4 Å². The molecule has 0 saturated heterocycles. The number of fused-ring (bicyclic) bond motifs is 5. The highest BCUT2D eigenvalue weighted by Gasteiger charge is 2.38. The van der Waals surface area contributed by atoms with Crippen LogP contribution >= 0.6 is 0 Å². The molecule has 372 valence electrons. The zero-order chi connectivity index (χ0) is 48.4. The maximum Gasteiger partial charge on any atom is 0.352 e. The van der Waals surface area contributed by atoms with Crippen molar-refractivity contribution >= 4 is 34.7 Å². The summed E-state index contributed by atoms with van der Waals surface area (Å²) in [5, 5.41) is 19.2. The van der Waals surface area contributed by atoms with Crippen molar-refractivity contribution in [3.63, 3.8) is 0 Å². The summed E-state index contributed by atoms with van der Waals surface area (Å²) in [4.78, 5) is 71.2. The smallest absolute Gasteiger partial charge is 0.352 e. The summed E-state index contributed by atoms with van der Waals surface area (Å²) in [5.74, 6) is -2.94. The lowest BCUT2D eigenvalue weighted by Gasteiger charge is -2.25. The number of pyridine rings is 2. The van der Waals surface area contributed by atoms with Crippen LogP contribution in [0.4, 0.5) is 0 Å². The Bertz CT molecular complexity index is 2240. The number of azide groups is 1. The van der Waals surface area contributed by atoms with Crippen LogP contribution in [0.15, 0.2) is 34.2 Å². The third kappa shape index (κ3) is 17.1. The number of esters is 2. The predicted octanol–water partition coefficient (Wildman–Crippen LogP) is 1.03. The topological polar surface area (TPSA) is 298 Å². The summed E-state index contributed by atoms with van der Waals surface area (Å²) in [6.45, 7) is 7.18. The Morgan fingerprint density at radius 2 is 1.34 bits per heavy atom. The molecule has 0 fully saturated rings. The van der Waals surface area contributed by atoms with Crippen LogP contribution in [-0.4, -0.2) is 177 Å². The first kappa shape index (κ1) is 53.2. The lowest BCUT2D eigenvalue weighted by molar-refractivity contribution is -0.171. The number of amides is 2. The normalized spacial score (nSPS) is 13.6. The summed E-state index contributed by atoms with van der Waals surface area (Å²) in [6.07, 6.45) is -0.941. The van der Waals surface area contributed by atoms with E-state index in [9.17, 15) is 29.1 Å². The third-order valence-electron chi connectivity index (χ3n) is 10.1. The number of cyclic esters (lactones) is 1. The summed E-state index contributed by atoms with van der Waals surface area (Å²) >= 11 is 0. The molecule has 2 aromatic heterocycles. The molecule has 1 atom stereocenters. The molecule has 1 aromatic carbocycles. The Morgan fingerprint density at radius 1 is 0.779 bits per heavy atom. The van der Waals surface area contributed by atoms with Crippen LogP contribution in [0.3, 0.4) is 0 Å². The minimum Gasteiger partial charge on any atom is -0.508 e. The van der Waals surface area contributed by atoms with Crippen LogP contribution in [0.1, 0.15) is 35.3 Å². The van der Waals surface area contributed by atoms with Crippen molar-refractivity contribution in [3.05, 3.63) is 67.3 Å². The zero-order valence-corrected chi connectivity index (χ0v) is 38.1. The van der Waals surface area contributed by atoms with Gasteiger partial charge in [0.2, 0.25) is 17.9 Å². The van der Waals surface area contributed by atoms with Gasteiger partial charge in [0.05, 0.1) is 135 Å². The van der Waals surface area contributed by atoms with Gasteiger partial charge in [-0.15, -0.1) is 0 Å². The molecule has 2 aliphatic rings. The fourth-order valence-electron chi connectivity index (χ4n) is 6.94. The Labute approximate surface area is 391 Å². The molecule has 2 aliphatic heterocycles. The summed E-state index contributed by atoms with van der Waals surface area (Å²) in [7, 11) is 0. The van der Waals surface area contributed by atoms with Gasteiger partial charge in [0.15, 0.2) is 0 Å². The van der Waals surface area contributed by atoms with Gasteiger partial charge in [-0.3, -0.25) is 19.2 Å². The average Bonchev–Trinajstić information content (AvgIpc) is 3.70. The van der Waals surface area contributed by atoms with Crippen LogP contribution in [0.2, 0.25) is 0 Å². The van der Waals surface area contributed by atoms with Crippen LogP contribution in [0, 0.1) is 0 Å². The summed E-state index contributed by atoms with van der Waals surface area (Å²) < 4.78 is 60.6. The number of carbonyl (C=O) groups is 4. The number of phenols is 1. The quantitative estimate of drug-likeness (QED) is 0.0191. The first-order chi connectivity index (χ1) is 33.2. The number of ether oxygens (including phenoxy) is 11. The molecule has 24 nitrogen and oxygen atoms in total. The number of aromatic nitrogens is 2. The van der Waals surface area contributed by atoms with Crippen molar-refractivity contribution in [2.24, 2.45) is 5.11 Å². The molecule has 5 rings (SSSR count). The van der Waals surface area contributed by atoms with E-state index in [0.29, 0.717) is 129 Å². The van der Waals surface area contributed by atoms with Crippen molar-refractivity contribution in [1.82, 2.24) is 20.2 Å². The van der Waals surface area contributed by atoms with E-state index in [1.165, 1.54) is 6.07 Å². The number of hydrogen-bond donors (Lipinski definition) is 3. The van der Waals surface area contributed by atoms with Crippen LogP contribution < -0.4 is 16.2 Å². The first-order valence-corrected chi connectivity index (χ1v) is 22.2. The van der Waals surface area contributed by atoms with Gasteiger partial charge < -0.3 is 72.4 Å². The van der Waals surface area contributed by atoms with E-state index < -0.39 is 55.2 Å². The van der Waals surface area contributed by atoms with Crippen molar-refractivity contribution in [2.45, 2.75) is 32.6 Å². The number of carbonyl (C=O) groups excluding carboxylic acids is 4. The third-order valence-corrected chi connectivity index (χ3v) is 10.1. The molecule has 0 spiro atoms. The van der Waals surface area contributed by atoms with Crippen LogP contribution in [-0.2, 0) is 90.9 Å². The van der Waals surface area contributed by atoms with E-state index in [-0.39, 0.29) is 43.2 Å². The molecule has 24 heteroatoms. The van der Waals surface area contributed by atoms with Gasteiger partial charge in [0.25, 0.3) is 5.56 Å². The number of nitrogens with zero attached hydrogens (tertiary/aromatic N) is 5. The van der Waals surface area contributed by atoms with Crippen LogP contribution in [0.5, 0.6) is 5.75 Å². The highest BCUT2D eigenvalue weighted by atomic mass is 16.6. The number of aromatic hydroxyl groups is 1. The second-order valence-electron chi connectivity index (χ2n) is 14.8. The monoisotopic (exact) mass is 957 g/mol. The fourth-order valence-corrected chi connectivity index (χ4v) is 6.94. The number of rotatable bonds is 35. The number of aryl methyl sites for hydroxylation is 1. The second-order valence-corrected chi connectivity index (χ2v) is 14.8. The van der Waals surface area contributed by atoms with E-state index in [1.54, 1.807) is 22.8 Å². The molecule has 4 heterocycles. The highest BCUT2D eigenvalue weighted by Crippen LogP contribution is 2.39. The van der Waals surface area contributed by atoms with Crippen molar-refractivity contribution in [2.75, 3.05) is 139 Å². The average molecular weight is 958 g/mol. The van der Waals surface area contributed by atoms with Crippen LogP contribution in [0.25, 0.3) is 32.7 Å². The molecule has 0 aliphatic carbocycles. The van der Waals surface area contributed by atoms with E-state index in [4.69, 9.17) is 62.6 Å². The largest absolute Gasteiger partial charge is 0.508 e. The Balaban J connectivity index is 0.829. The van der Waals surface area contributed by atoms with Gasteiger partial charge in [-0.05, 0) is 41.8 Å². The first-order valence-electron chi connectivity index (χ1n) is 22.2. The molecule has 0 saturated carbocycles. The SMILES string of the molecule is CCc1c2c(nc3ccc(O)cc13)-c1cc3c(c(=O)n1C2)COC(=O)[C@H]3OC(=O)CNC(=O)COCC(=O)NCCOCCOCCOCCOCCOCCOCCOCCOCCN=[N+]=[N-]. The van der Waals surface area contributed by atoms with E-state index >= 15 is 0 Å². The maximum absolute atomic E-state index is 13.7. The van der Waals surface area contributed by atoms with Crippen molar-refractivity contribution in [3.8, 4) is 17.1 Å². The van der Waals surface area contributed by atoms with Gasteiger partial charge in [-0.25, -0.2) is 9.78 Å². The van der Waals surface area contributed by atoms with Gasteiger partial charge in [-0.2, -0.15) is 0 Å². The second kappa shape index (κ2) is 29.9. The number of benzene rings is 1. The minimum atomic E-state index is -1.56. The maximum atomic E-state index is 13.7. The number of nitrogens with one attached hydrogen (secondary N) is 2. The molecule has 3 N–H and O–H groups in total. The lowest BCUT2D eigenvalue weighted by Crippen LogP contribution is -2.38. The number of hydrogen-bond acceptors (Lipinski definition) is 19. The Hall–Kier alpha value is -5.79. The Morgan fingerprint density at radius 3 is 1.91 bits per heavy atom. The molecule has 0 radical (unpaired) electrons.